The molecule has 4 amide bonds. The number of benzene rings is 1. The molecule has 112 valence electrons. The van der Waals surface area contributed by atoms with Gasteiger partial charge in [0.15, 0.2) is 0 Å². The van der Waals surface area contributed by atoms with Crippen molar-refractivity contribution in [2.45, 2.75) is 6.54 Å². The number of carbonyl (C=O) groups is 3. The molecule has 1 fully saturated rings. The highest BCUT2D eigenvalue weighted by atomic mass is 32.2. The largest absolute Gasteiger partial charge is 0.336 e. The number of amides is 4. The minimum atomic E-state index is -0.439. The molecular formula is C13H14FN3O3S. The fourth-order valence-electron chi connectivity index (χ4n) is 1.77. The van der Waals surface area contributed by atoms with E-state index in [0.717, 1.165) is 16.7 Å². The van der Waals surface area contributed by atoms with E-state index in [1.807, 2.05) is 0 Å². The highest BCUT2D eigenvalue weighted by molar-refractivity contribution is 8.14. The summed E-state index contributed by atoms with van der Waals surface area (Å²) in [6.45, 7) is 0.520. The third kappa shape index (κ3) is 4.45. The van der Waals surface area contributed by atoms with Crippen molar-refractivity contribution in [3.8, 4) is 0 Å². The summed E-state index contributed by atoms with van der Waals surface area (Å²) in [6, 6.07) is 5.48. The molecule has 1 aromatic carbocycles. The van der Waals surface area contributed by atoms with Crippen LogP contribution in [0.15, 0.2) is 24.3 Å². The van der Waals surface area contributed by atoms with Crippen LogP contribution in [0.25, 0.3) is 0 Å². The summed E-state index contributed by atoms with van der Waals surface area (Å²) in [5.41, 5.74) is 0.645. The minimum absolute atomic E-state index is 0.151. The van der Waals surface area contributed by atoms with Crippen molar-refractivity contribution < 1.29 is 18.8 Å². The summed E-state index contributed by atoms with van der Waals surface area (Å²) in [5.74, 6) is -0.449. The van der Waals surface area contributed by atoms with E-state index in [-0.39, 0.29) is 42.4 Å². The number of carbonyl (C=O) groups excluding carboxylic acids is 3. The highest BCUT2D eigenvalue weighted by Gasteiger charge is 2.29. The van der Waals surface area contributed by atoms with E-state index >= 15 is 0 Å². The topological polar surface area (TPSA) is 78.5 Å². The third-order valence-corrected chi connectivity index (χ3v) is 3.66. The summed E-state index contributed by atoms with van der Waals surface area (Å²) < 4.78 is 12.9. The lowest BCUT2D eigenvalue weighted by molar-refractivity contribution is -0.124. The number of thioether (sulfide) groups is 1. The second-order valence-corrected chi connectivity index (χ2v) is 5.27. The number of hydrogen-bond donors (Lipinski definition) is 2. The summed E-state index contributed by atoms with van der Waals surface area (Å²) in [7, 11) is 0. The molecule has 0 atom stereocenters. The maximum absolute atomic E-state index is 12.9. The minimum Gasteiger partial charge on any atom is -0.336 e. The van der Waals surface area contributed by atoms with Crippen molar-refractivity contribution in [2.75, 3.05) is 18.8 Å². The van der Waals surface area contributed by atoms with Gasteiger partial charge < -0.3 is 10.6 Å². The molecule has 21 heavy (non-hydrogen) atoms. The van der Waals surface area contributed by atoms with Gasteiger partial charge in [-0.1, -0.05) is 23.9 Å². The molecule has 0 aliphatic carbocycles. The van der Waals surface area contributed by atoms with Gasteiger partial charge in [-0.05, 0) is 17.7 Å². The van der Waals surface area contributed by atoms with Gasteiger partial charge in [-0.25, -0.2) is 9.18 Å². The molecule has 0 unspecified atom stereocenters. The van der Waals surface area contributed by atoms with Gasteiger partial charge in [-0.2, -0.15) is 0 Å². The first-order valence-electron chi connectivity index (χ1n) is 6.29. The molecule has 0 spiro atoms. The van der Waals surface area contributed by atoms with Gasteiger partial charge in [0.2, 0.25) is 5.91 Å². The average Bonchev–Trinajstić information content (AvgIpc) is 2.77. The molecule has 6 nitrogen and oxygen atoms in total. The third-order valence-electron chi connectivity index (χ3n) is 2.80. The van der Waals surface area contributed by atoms with Crippen molar-refractivity contribution in [1.82, 2.24) is 15.5 Å². The van der Waals surface area contributed by atoms with Crippen LogP contribution in [0.1, 0.15) is 5.56 Å². The SMILES string of the molecule is O=C(NCCN1C(=O)CSC1=O)NCc1cccc(F)c1. The molecule has 0 bridgehead atoms. The summed E-state index contributed by atoms with van der Waals surface area (Å²) in [5, 5.41) is 4.81. The molecule has 1 aliphatic heterocycles. The Hall–Kier alpha value is -2.09. The van der Waals surface area contributed by atoms with E-state index in [9.17, 15) is 18.8 Å². The van der Waals surface area contributed by atoms with Gasteiger partial charge in [0, 0.05) is 19.6 Å². The maximum Gasteiger partial charge on any atom is 0.315 e. The van der Waals surface area contributed by atoms with Crippen molar-refractivity contribution >= 4 is 28.9 Å². The van der Waals surface area contributed by atoms with Crippen molar-refractivity contribution in [2.24, 2.45) is 0 Å². The van der Waals surface area contributed by atoms with Gasteiger partial charge >= 0.3 is 6.03 Å². The fraction of sp³-hybridized carbons (Fsp3) is 0.308. The quantitative estimate of drug-likeness (QED) is 0.859. The van der Waals surface area contributed by atoms with Crippen LogP contribution in [-0.2, 0) is 11.3 Å². The van der Waals surface area contributed by atoms with Crippen LogP contribution in [0.2, 0.25) is 0 Å². The molecule has 1 aromatic rings. The zero-order valence-corrected chi connectivity index (χ0v) is 11.9. The van der Waals surface area contributed by atoms with Crippen LogP contribution in [0.4, 0.5) is 14.0 Å². The number of nitrogens with zero attached hydrogens (tertiary/aromatic N) is 1. The number of hydrogen-bond acceptors (Lipinski definition) is 4. The van der Waals surface area contributed by atoms with E-state index in [0.29, 0.717) is 5.56 Å². The Kier molecular flexibility index (Phi) is 5.15. The van der Waals surface area contributed by atoms with E-state index in [1.54, 1.807) is 12.1 Å². The van der Waals surface area contributed by atoms with Crippen LogP contribution in [-0.4, -0.2) is 40.9 Å². The van der Waals surface area contributed by atoms with Crippen LogP contribution < -0.4 is 10.6 Å². The first-order valence-corrected chi connectivity index (χ1v) is 7.28. The first kappa shape index (κ1) is 15.3. The molecule has 1 saturated heterocycles. The molecule has 8 heteroatoms. The van der Waals surface area contributed by atoms with Crippen LogP contribution >= 0.6 is 11.8 Å². The lowest BCUT2D eigenvalue weighted by Gasteiger charge is -2.13. The normalized spacial score (nSPS) is 14.4. The Labute approximate surface area is 125 Å². The predicted octanol–water partition coefficient (Wildman–Crippen LogP) is 1.32. The van der Waals surface area contributed by atoms with E-state index < -0.39 is 6.03 Å². The maximum atomic E-state index is 12.9. The van der Waals surface area contributed by atoms with Gasteiger partial charge in [0.1, 0.15) is 5.82 Å². The van der Waals surface area contributed by atoms with Gasteiger partial charge in [-0.15, -0.1) is 0 Å². The first-order chi connectivity index (χ1) is 10.1. The van der Waals surface area contributed by atoms with Gasteiger partial charge in [0.05, 0.1) is 5.75 Å². The number of nitrogens with one attached hydrogen (secondary N) is 2. The van der Waals surface area contributed by atoms with Crippen molar-refractivity contribution in [3.63, 3.8) is 0 Å². The Balaban J connectivity index is 1.68. The number of rotatable bonds is 5. The zero-order valence-electron chi connectivity index (χ0n) is 11.1. The molecule has 0 radical (unpaired) electrons. The van der Waals surface area contributed by atoms with E-state index in [2.05, 4.69) is 10.6 Å². The zero-order chi connectivity index (χ0) is 15.2. The Morgan fingerprint density at radius 3 is 2.81 bits per heavy atom. The molecule has 0 aromatic heterocycles. The highest BCUT2D eigenvalue weighted by Crippen LogP contribution is 2.17. The lowest BCUT2D eigenvalue weighted by atomic mass is 10.2. The predicted molar refractivity (Wildman–Crippen MR) is 76.2 cm³/mol. The van der Waals surface area contributed by atoms with Crippen molar-refractivity contribution in [1.29, 1.82) is 0 Å². The van der Waals surface area contributed by atoms with E-state index in [1.165, 1.54) is 12.1 Å². The Morgan fingerprint density at radius 1 is 1.33 bits per heavy atom. The summed E-state index contributed by atoms with van der Waals surface area (Å²) in [6.07, 6.45) is 0. The second kappa shape index (κ2) is 7.07. The Morgan fingerprint density at radius 2 is 2.14 bits per heavy atom. The average molecular weight is 311 g/mol. The number of halogens is 1. The standard InChI is InChI=1S/C13H14FN3O3S/c14-10-3-1-2-9(6-10)7-16-12(19)15-4-5-17-11(18)8-21-13(17)20/h1-3,6H,4-5,7-8H2,(H2,15,16,19). The van der Waals surface area contributed by atoms with Gasteiger partial charge in [0.25, 0.3) is 5.24 Å². The number of imide groups is 1. The molecule has 2 rings (SSSR count). The van der Waals surface area contributed by atoms with Crippen molar-refractivity contribution in [3.05, 3.63) is 35.6 Å². The van der Waals surface area contributed by atoms with Crippen LogP contribution in [0, 0.1) is 5.82 Å². The Bertz CT molecular complexity index is 551. The molecule has 1 aliphatic rings. The molecule has 1 heterocycles. The molecule has 0 saturated carbocycles. The second-order valence-electron chi connectivity index (χ2n) is 4.34. The molecule has 2 N–H and O–H groups in total. The summed E-state index contributed by atoms with van der Waals surface area (Å²) >= 11 is 0.955. The van der Waals surface area contributed by atoms with E-state index in [4.69, 9.17) is 0 Å². The van der Waals surface area contributed by atoms with Crippen LogP contribution in [0.5, 0.6) is 0 Å². The number of urea groups is 1. The monoisotopic (exact) mass is 311 g/mol. The molecular weight excluding hydrogens is 297 g/mol. The fourth-order valence-corrected chi connectivity index (χ4v) is 2.52. The smallest absolute Gasteiger partial charge is 0.315 e. The van der Waals surface area contributed by atoms with Gasteiger partial charge in [-0.3, -0.25) is 14.5 Å². The van der Waals surface area contributed by atoms with Crippen LogP contribution in [0.3, 0.4) is 0 Å². The summed E-state index contributed by atoms with van der Waals surface area (Å²) in [4.78, 5) is 35.3. The lowest BCUT2D eigenvalue weighted by Crippen LogP contribution is -2.41.